The molecule has 0 aromatic carbocycles. The minimum Gasteiger partial charge on any atom is -0.480 e. The molecule has 2 amide bonds. The van der Waals surface area contributed by atoms with Crippen molar-refractivity contribution in [3.8, 4) is 0 Å². The molecule has 1 heterocycles. The Hall–Kier alpha value is -1.63. The summed E-state index contributed by atoms with van der Waals surface area (Å²) in [5.41, 5.74) is 0. The Labute approximate surface area is 125 Å². The number of hydrogen-bond acceptors (Lipinski definition) is 4. The van der Waals surface area contributed by atoms with E-state index >= 15 is 0 Å². The molecule has 1 N–H and O–H groups in total. The van der Waals surface area contributed by atoms with E-state index < -0.39 is 5.97 Å². The molecule has 1 fully saturated rings. The molecule has 7 nitrogen and oxygen atoms in total. The highest BCUT2D eigenvalue weighted by atomic mass is 16.4. The van der Waals surface area contributed by atoms with Crippen molar-refractivity contribution in [2.24, 2.45) is 5.92 Å². The molecule has 0 bridgehead atoms. The predicted octanol–water partition coefficient (Wildman–Crippen LogP) is -0.280. The number of amides is 2. The zero-order valence-electron chi connectivity index (χ0n) is 13.0. The van der Waals surface area contributed by atoms with Crippen molar-refractivity contribution in [2.45, 2.75) is 19.8 Å². The first-order valence-corrected chi connectivity index (χ1v) is 7.22. The van der Waals surface area contributed by atoms with E-state index in [1.54, 1.807) is 4.90 Å². The Morgan fingerprint density at radius 2 is 1.90 bits per heavy atom. The van der Waals surface area contributed by atoms with Crippen molar-refractivity contribution in [3.63, 3.8) is 0 Å². The summed E-state index contributed by atoms with van der Waals surface area (Å²) in [4.78, 5) is 39.8. The summed E-state index contributed by atoms with van der Waals surface area (Å²) in [6.07, 6.45) is 1.49. The van der Waals surface area contributed by atoms with Crippen LogP contribution in [0.2, 0.25) is 0 Å². The number of carbonyl (C=O) groups is 3. The fraction of sp³-hybridized carbons (Fsp3) is 0.786. The van der Waals surface area contributed by atoms with Crippen LogP contribution in [0.4, 0.5) is 0 Å². The smallest absolute Gasteiger partial charge is 0.323 e. The molecule has 7 heteroatoms. The van der Waals surface area contributed by atoms with Gasteiger partial charge >= 0.3 is 5.97 Å². The number of hydrogen-bond donors (Lipinski definition) is 1. The fourth-order valence-electron chi connectivity index (χ4n) is 2.47. The van der Waals surface area contributed by atoms with E-state index in [0.717, 1.165) is 6.42 Å². The van der Waals surface area contributed by atoms with Crippen molar-refractivity contribution in [1.29, 1.82) is 0 Å². The van der Waals surface area contributed by atoms with Crippen molar-refractivity contribution in [3.05, 3.63) is 0 Å². The molecule has 1 saturated heterocycles. The number of carboxylic acid groups (broad SMARTS) is 1. The normalized spacial score (nSPS) is 18.7. The maximum Gasteiger partial charge on any atom is 0.323 e. The first kappa shape index (κ1) is 17.4. The van der Waals surface area contributed by atoms with Gasteiger partial charge in [0.25, 0.3) is 0 Å². The molecular weight excluding hydrogens is 274 g/mol. The Kier molecular flexibility index (Phi) is 6.61. The third kappa shape index (κ3) is 5.71. The van der Waals surface area contributed by atoms with Gasteiger partial charge < -0.3 is 19.8 Å². The van der Waals surface area contributed by atoms with E-state index in [-0.39, 0.29) is 24.3 Å². The standard InChI is InChI=1S/C14H25N3O4/c1-11(18)16-6-4-5-12(9-16)14(21)17(10-13(19)20)8-7-15(2)3/h12H,4-10H2,1-3H3,(H,19,20). The van der Waals surface area contributed by atoms with Crippen molar-refractivity contribution >= 4 is 17.8 Å². The lowest BCUT2D eigenvalue weighted by molar-refractivity contribution is -0.148. The van der Waals surface area contributed by atoms with Crippen molar-refractivity contribution in [1.82, 2.24) is 14.7 Å². The van der Waals surface area contributed by atoms with E-state index in [9.17, 15) is 14.4 Å². The largest absolute Gasteiger partial charge is 0.480 e. The van der Waals surface area contributed by atoms with Crippen molar-refractivity contribution < 1.29 is 19.5 Å². The maximum atomic E-state index is 12.5. The first-order valence-electron chi connectivity index (χ1n) is 7.22. The Bertz CT molecular complexity index is 398. The second-order valence-electron chi connectivity index (χ2n) is 5.76. The fourth-order valence-corrected chi connectivity index (χ4v) is 2.47. The van der Waals surface area contributed by atoms with Gasteiger partial charge in [-0.3, -0.25) is 14.4 Å². The summed E-state index contributed by atoms with van der Waals surface area (Å²) in [5, 5.41) is 8.96. The van der Waals surface area contributed by atoms with Crippen LogP contribution in [-0.2, 0) is 14.4 Å². The number of carbonyl (C=O) groups excluding carboxylic acids is 2. The van der Waals surface area contributed by atoms with Crippen LogP contribution in [0, 0.1) is 5.92 Å². The van der Waals surface area contributed by atoms with Crippen LogP contribution in [0.5, 0.6) is 0 Å². The van der Waals surface area contributed by atoms with Crippen LogP contribution in [-0.4, -0.2) is 84.4 Å². The average Bonchev–Trinajstić information content (AvgIpc) is 2.42. The Balaban J connectivity index is 2.69. The molecular formula is C14H25N3O4. The summed E-state index contributed by atoms with van der Waals surface area (Å²) in [6.45, 7) is 3.27. The lowest BCUT2D eigenvalue weighted by Gasteiger charge is -2.34. The summed E-state index contributed by atoms with van der Waals surface area (Å²) >= 11 is 0. The molecule has 0 spiro atoms. The highest BCUT2D eigenvalue weighted by Gasteiger charge is 2.30. The van der Waals surface area contributed by atoms with Crippen LogP contribution < -0.4 is 0 Å². The highest BCUT2D eigenvalue weighted by molar-refractivity contribution is 5.84. The lowest BCUT2D eigenvalue weighted by Crippen LogP contribution is -2.48. The molecule has 0 aliphatic carbocycles. The monoisotopic (exact) mass is 299 g/mol. The molecule has 0 saturated carbocycles. The molecule has 1 aliphatic heterocycles. The summed E-state index contributed by atoms with van der Waals surface area (Å²) < 4.78 is 0. The molecule has 120 valence electrons. The zero-order valence-corrected chi connectivity index (χ0v) is 13.0. The van der Waals surface area contributed by atoms with Gasteiger partial charge in [0.05, 0.1) is 5.92 Å². The molecule has 21 heavy (non-hydrogen) atoms. The Morgan fingerprint density at radius 1 is 1.24 bits per heavy atom. The second kappa shape index (κ2) is 7.97. The van der Waals surface area contributed by atoms with Crippen LogP contribution in [0.15, 0.2) is 0 Å². The first-order chi connectivity index (χ1) is 9.81. The van der Waals surface area contributed by atoms with Crippen LogP contribution in [0.3, 0.4) is 0 Å². The number of nitrogens with zero attached hydrogens (tertiary/aromatic N) is 3. The summed E-state index contributed by atoms with van der Waals surface area (Å²) in [5.74, 6) is -1.50. The van der Waals surface area contributed by atoms with Crippen molar-refractivity contribution in [2.75, 3.05) is 46.8 Å². The molecule has 1 unspecified atom stereocenters. The summed E-state index contributed by atoms with van der Waals surface area (Å²) in [7, 11) is 3.75. The van der Waals surface area contributed by atoms with Crippen LogP contribution >= 0.6 is 0 Å². The number of likely N-dealkylation sites (N-methyl/N-ethyl adjacent to an activating group) is 1. The predicted molar refractivity (Wildman–Crippen MR) is 77.7 cm³/mol. The molecule has 0 aromatic heterocycles. The van der Waals surface area contributed by atoms with Gasteiger partial charge in [-0.15, -0.1) is 0 Å². The van der Waals surface area contributed by atoms with Gasteiger partial charge in [0.15, 0.2) is 0 Å². The Morgan fingerprint density at radius 3 is 2.43 bits per heavy atom. The molecule has 1 rings (SSSR count). The number of aliphatic carboxylic acids is 1. The molecule has 1 atom stereocenters. The lowest BCUT2D eigenvalue weighted by atomic mass is 9.96. The second-order valence-corrected chi connectivity index (χ2v) is 5.76. The SMILES string of the molecule is CC(=O)N1CCCC(C(=O)N(CCN(C)C)CC(=O)O)C1. The van der Waals surface area contributed by atoms with Gasteiger partial charge in [-0.05, 0) is 26.9 Å². The van der Waals surface area contributed by atoms with Crippen LogP contribution in [0.25, 0.3) is 0 Å². The molecule has 0 aromatic rings. The third-order valence-corrected chi connectivity index (χ3v) is 3.67. The van der Waals surface area contributed by atoms with Gasteiger partial charge in [0.1, 0.15) is 6.54 Å². The van der Waals surface area contributed by atoms with Gasteiger partial charge in [0.2, 0.25) is 11.8 Å². The van der Waals surface area contributed by atoms with E-state index in [1.807, 2.05) is 19.0 Å². The van der Waals surface area contributed by atoms with Gasteiger partial charge in [-0.2, -0.15) is 0 Å². The van der Waals surface area contributed by atoms with E-state index in [4.69, 9.17) is 5.11 Å². The minimum atomic E-state index is -1.01. The van der Waals surface area contributed by atoms with E-state index in [0.29, 0.717) is 32.6 Å². The topological polar surface area (TPSA) is 81.2 Å². The number of carboxylic acids is 1. The van der Waals surface area contributed by atoms with E-state index in [1.165, 1.54) is 11.8 Å². The van der Waals surface area contributed by atoms with Gasteiger partial charge in [-0.1, -0.05) is 0 Å². The number of rotatable bonds is 6. The summed E-state index contributed by atoms with van der Waals surface area (Å²) in [6, 6.07) is 0. The van der Waals surface area contributed by atoms with E-state index in [2.05, 4.69) is 0 Å². The van der Waals surface area contributed by atoms with Crippen LogP contribution in [0.1, 0.15) is 19.8 Å². The quantitative estimate of drug-likeness (QED) is 0.729. The highest BCUT2D eigenvalue weighted by Crippen LogP contribution is 2.19. The average molecular weight is 299 g/mol. The van der Waals surface area contributed by atoms with Gasteiger partial charge in [-0.25, -0.2) is 0 Å². The number of piperidine rings is 1. The molecule has 1 aliphatic rings. The zero-order chi connectivity index (χ0) is 16.0. The third-order valence-electron chi connectivity index (χ3n) is 3.67. The van der Waals surface area contributed by atoms with Gasteiger partial charge in [0, 0.05) is 33.1 Å². The minimum absolute atomic E-state index is 0.0365. The number of likely N-dealkylation sites (tertiary alicyclic amines) is 1. The molecule has 0 radical (unpaired) electrons. The maximum absolute atomic E-state index is 12.5.